The number of fused-ring (bicyclic) bond motifs is 1. The fourth-order valence-corrected chi connectivity index (χ4v) is 4.16. The van der Waals surface area contributed by atoms with Crippen molar-refractivity contribution in [3.8, 4) is 11.1 Å². The number of hydrogen-bond donors (Lipinski definition) is 2. The van der Waals surface area contributed by atoms with E-state index in [1.165, 1.54) is 40.1 Å². The highest BCUT2D eigenvalue weighted by Gasteiger charge is 2.28. The summed E-state index contributed by atoms with van der Waals surface area (Å²) >= 11 is 0. The highest BCUT2D eigenvalue weighted by molar-refractivity contribution is 5.93. The van der Waals surface area contributed by atoms with Crippen LogP contribution < -0.4 is 5.32 Å². The van der Waals surface area contributed by atoms with E-state index in [0.29, 0.717) is 12.2 Å². The Morgan fingerprint density at radius 1 is 1.24 bits per heavy atom. The molecular formula is C24H25N3O2. The van der Waals surface area contributed by atoms with Crippen molar-refractivity contribution in [2.24, 2.45) is 0 Å². The molecule has 0 unspecified atom stereocenters. The van der Waals surface area contributed by atoms with E-state index in [4.69, 9.17) is 0 Å². The van der Waals surface area contributed by atoms with Crippen LogP contribution in [0.15, 0.2) is 60.9 Å². The van der Waals surface area contributed by atoms with E-state index >= 15 is 0 Å². The number of nitrogens with zero attached hydrogens (tertiary/aromatic N) is 2. The SMILES string of the molecule is CCc1ccccc1-c1ccc2c(c1)CN(C)[C@@H]2CNc1cnccc1C(=O)O. The summed E-state index contributed by atoms with van der Waals surface area (Å²) in [5.41, 5.74) is 7.32. The summed E-state index contributed by atoms with van der Waals surface area (Å²) in [4.78, 5) is 17.8. The molecule has 5 nitrogen and oxygen atoms in total. The normalized spacial score (nSPS) is 15.9. The highest BCUT2D eigenvalue weighted by Crippen LogP contribution is 2.36. The first-order valence-electron chi connectivity index (χ1n) is 9.91. The summed E-state index contributed by atoms with van der Waals surface area (Å²) < 4.78 is 0. The van der Waals surface area contributed by atoms with Crippen molar-refractivity contribution in [1.82, 2.24) is 9.88 Å². The monoisotopic (exact) mass is 387 g/mol. The summed E-state index contributed by atoms with van der Waals surface area (Å²) in [6.07, 6.45) is 4.09. The number of anilines is 1. The average molecular weight is 387 g/mol. The Labute approximate surface area is 171 Å². The molecule has 1 aromatic heterocycles. The quantitative estimate of drug-likeness (QED) is 0.647. The van der Waals surface area contributed by atoms with E-state index in [0.717, 1.165) is 13.0 Å². The van der Waals surface area contributed by atoms with E-state index in [1.807, 2.05) is 0 Å². The van der Waals surface area contributed by atoms with Crippen molar-refractivity contribution >= 4 is 11.7 Å². The first kappa shape index (κ1) is 19.2. The molecule has 1 aliphatic rings. The van der Waals surface area contributed by atoms with Gasteiger partial charge in [-0.15, -0.1) is 0 Å². The number of carboxylic acids is 1. The van der Waals surface area contributed by atoms with Gasteiger partial charge in [0.05, 0.1) is 23.5 Å². The minimum absolute atomic E-state index is 0.183. The molecule has 0 bridgehead atoms. The zero-order valence-electron chi connectivity index (χ0n) is 16.7. The summed E-state index contributed by atoms with van der Waals surface area (Å²) in [6, 6.07) is 17.0. The number of likely N-dealkylation sites (N-methyl/N-ethyl adjacent to an activating group) is 1. The average Bonchev–Trinajstić information content (AvgIpc) is 3.06. The lowest BCUT2D eigenvalue weighted by atomic mass is 9.94. The van der Waals surface area contributed by atoms with E-state index in [1.54, 1.807) is 6.20 Å². The van der Waals surface area contributed by atoms with E-state index < -0.39 is 5.97 Å². The molecule has 4 rings (SSSR count). The summed E-state index contributed by atoms with van der Waals surface area (Å²) in [6.45, 7) is 3.69. The molecule has 0 fully saturated rings. The van der Waals surface area contributed by atoms with Crippen LogP contribution in [0.5, 0.6) is 0 Å². The Bertz CT molecular complexity index is 1050. The van der Waals surface area contributed by atoms with Gasteiger partial charge in [0, 0.05) is 19.3 Å². The van der Waals surface area contributed by atoms with Gasteiger partial charge < -0.3 is 10.4 Å². The van der Waals surface area contributed by atoms with Crippen LogP contribution in [-0.2, 0) is 13.0 Å². The Hall–Kier alpha value is -3.18. The van der Waals surface area contributed by atoms with Crippen LogP contribution >= 0.6 is 0 Å². The summed E-state index contributed by atoms with van der Waals surface area (Å²) in [5.74, 6) is -0.950. The number of rotatable bonds is 6. The third-order valence-corrected chi connectivity index (χ3v) is 5.70. The van der Waals surface area contributed by atoms with Crippen LogP contribution in [0.1, 0.15) is 40.0 Å². The Balaban J connectivity index is 1.58. The van der Waals surface area contributed by atoms with Crippen LogP contribution in [0.2, 0.25) is 0 Å². The molecule has 0 saturated carbocycles. The van der Waals surface area contributed by atoms with Gasteiger partial charge in [-0.1, -0.05) is 43.3 Å². The number of carboxylic acid groups (broad SMARTS) is 1. The molecule has 2 aromatic carbocycles. The van der Waals surface area contributed by atoms with Gasteiger partial charge in [0.25, 0.3) is 0 Å². The van der Waals surface area contributed by atoms with Crippen LogP contribution in [-0.4, -0.2) is 34.6 Å². The number of aromatic carboxylic acids is 1. The fraction of sp³-hybridized carbons (Fsp3) is 0.250. The van der Waals surface area contributed by atoms with Gasteiger partial charge in [0.15, 0.2) is 0 Å². The zero-order chi connectivity index (χ0) is 20.4. The lowest BCUT2D eigenvalue weighted by molar-refractivity contribution is 0.0697. The largest absolute Gasteiger partial charge is 0.478 e. The first-order valence-corrected chi connectivity index (χ1v) is 9.91. The molecule has 3 aromatic rings. The summed E-state index contributed by atoms with van der Waals surface area (Å²) in [7, 11) is 2.10. The van der Waals surface area contributed by atoms with Crippen LogP contribution in [0.25, 0.3) is 11.1 Å². The number of nitrogens with one attached hydrogen (secondary N) is 1. The van der Waals surface area contributed by atoms with Crippen LogP contribution in [0.4, 0.5) is 5.69 Å². The highest BCUT2D eigenvalue weighted by atomic mass is 16.4. The predicted octanol–water partition coefficient (Wildman–Crippen LogP) is 4.61. The van der Waals surface area contributed by atoms with Gasteiger partial charge in [0.1, 0.15) is 0 Å². The molecule has 1 aliphatic heterocycles. The second-order valence-corrected chi connectivity index (χ2v) is 7.46. The lowest BCUT2D eigenvalue weighted by Crippen LogP contribution is -2.24. The van der Waals surface area contributed by atoms with Crippen molar-refractivity contribution in [2.45, 2.75) is 25.9 Å². The van der Waals surface area contributed by atoms with Gasteiger partial charge in [-0.25, -0.2) is 4.79 Å². The van der Waals surface area contributed by atoms with E-state index in [2.05, 4.69) is 71.6 Å². The van der Waals surface area contributed by atoms with Gasteiger partial charge in [0.2, 0.25) is 0 Å². The van der Waals surface area contributed by atoms with Crippen molar-refractivity contribution in [1.29, 1.82) is 0 Å². The molecule has 0 saturated heterocycles. The molecular weight excluding hydrogens is 362 g/mol. The number of aryl methyl sites for hydroxylation is 1. The number of pyridine rings is 1. The Morgan fingerprint density at radius 3 is 2.86 bits per heavy atom. The third kappa shape index (κ3) is 3.74. The van der Waals surface area contributed by atoms with Crippen molar-refractivity contribution < 1.29 is 9.90 Å². The molecule has 29 heavy (non-hydrogen) atoms. The number of benzene rings is 2. The van der Waals surface area contributed by atoms with Crippen LogP contribution in [0.3, 0.4) is 0 Å². The molecule has 5 heteroatoms. The third-order valence-electron chi connectivity index (χ3n) is 5.70. The van der Waals surface area contributed by atoms with Gasteiger partial charge in [-0.05, 0) is 53.4 Å². The van der Waals surface area contributed by atoms with Crippen molar-refractivity contribution in [3.05, 3.63) is 83.2 Å². The Morgan fingerprint density at radius 2 is 2.07 bits per heavy atom. The molecule has 2 N–H and O–H groups in total. The molecule has 2 heterocycles. The fourth-order valence-electron chi connectivity index (χ4n) is 4.16. The Kier molecular flexibility index (Phi) is 5.32. The second-order valence-electron chi connectivity index (χ2n) is 7.46. The van der Waals surface area contributed by atoms with Crippen molar-refractivity contribution in [3.63, 3.8) is 0 Å². The first-order chi connectivity index (χ1) is 14.1. The van der Waals surface area contributed by atoms with E-state index in [-0.39, 0.29) is 11.6 Å². The van der Waals surface area contributed by atoms with E-state index in [9.17, 15) is 9.90 Å². The summed E-state index contributed by atoms with van der Waals surface area (Å²) in [5, 5.41) is 12.7. The lowest BCUT2D eigenvalue weighted by Gasteiger charge is -2.22. The molecule has 0 spiro atoms. The smallest absolute Gasteiger partial charge is 0.337 e. The maximum atomic E-state index is 11.4. The second kappa shape index (κ2) is 8.05. The van der Waals surface area contributed by atoms with Gasteiger partial charge >= 0.3 is 5.97 Å². The van der Waals surface area contributed by atoms with Crippen molar-refractivity contribution in [2.75, 3.05) is 18.9 Å². The molecule has 148 valence electrons. The zero-order valence-corrected chi connectivity index (χ0v) is 16.7. The van der Waals surface area contributed by atoms with Crippen LogP contribution in [0, 0.1) is 0 Å². The topological polar surface area (TPSA) is 65.5 Å². The maximum Gasteiger partial charge on any atom is 0.337 e. The van der Waals surface area contributed by atoms with Gasteiger partial charge in [-0.3, -0.25) is 9.88 Å². The molecule has 0 radical (unpaired) electrons. The molecule has 0 aliphatic carbocycles. The number of aromatic nitrogens is 1. The minimum Gasteiger partial charge on any atom is -0.478 e. The minimum atomic E-state index is -0.950. The number of hydrogen-bond acceptors (Lipinski definition) is 4. The molecule has 0 amide bonds. The maximum absolute atomic E-state index is 11.4. The predicted molar refractivity (Wildman–Crippen MR) is 115 cm³/mol. The van der Waals surface area contributed by atoms with Gasteiger partial charge in [-0.2, -0.15) is 0 Å². The number of carbonyl (C=O) groups is 1. The molecule has 1 atom stereocenters. The standard InChI is InChI=1S/C24H25N3O2/c1-3-16-6-4-5-7-19(16)17-8-9-20-18(12-17)15-27(2)23(20)14-26-22-13-25-11-10-21(22)24(28)29/h4-13,23,26H,3,14-15H2,1-2H3,(H,28,29)/t23-/m1/s1.